The molecule has 1 N–H and O–H groups in total. The van der Waals surface area contributed by atoms with Crippen molar-refractivity contribution in [2.75, 3.05) is 23.6 Å². The second-order valence-electron chi connectivity index (χ2n) is 8.34. The van der Waals surface area contributed by atoms with Crippen molar-refractivity contribution >= 4 is 72.1 Å². The Labute approximate surface area is 225 Å². The van der Waals surface area contributed by atoms with Gasteiger partial charge in [-0.1, -0.05) is 29.3 Å². The van der Waals surface area contributed by atoms with E-state index in [2.05, 4.69) is 15.8 Å². The molecule has 2 aromatic rings. The van der Waals surface area contributed by atoms with Crippen LogP contribution in [0.2, 0.25) is 10.0 Å². The normalized spacial score (nSPS) is 20.6. The maximum Gasteiger partial charge on any atom is 0.263 e. The van der Waals surface area contributed by atoms with Gasteiger partial charge in [-0.15, -0.1) is 11.8 Å². The number of hydrogen-bond acceptors (Lipinski definition) is 8. The van der Waals surface area contributed by atoms with Crippen LogP contribution in [0.4, 0.5) is 5.69 Å². The Morgan fingerprint density at radius 2 is 1.72 bits per heavy atom. The molecule has 192 valence electrons. The fraction of sp³-hybridized carbons (Fsp3) is 0.304. The number of thioether (sulfide) groups is 1. The first kappa shape index (κ1) is 27.0. The minimum Gasteiger partial charge on any atom is -0.265 e. The molecule has 0 spiro atoms. The molecule has 2 heterocycles. The van der Waals surface area contributed by atoms with Gasteiger partial charge in [-0.25, -0.2) is 16.8 Å². The molecule has 0 saturated heterocycles. The predicted molar refractivity (Wildman–Crippen MR) is 149 cm³/mol. The molecule has 0 aromatic heterocycles. The van der Waals surface area contributed by atoms with E-state index in [1.807, 2.05) is 22.5 Å². The number of aliphatic imine (C=N–C) groups is 1. The van der Waals surface area contributed by atoms with Crippen molar-refractivity contribution in [2.24, 2.45) is 10.1 Å². The zero-order valence-corrected chi connectivity index (χ0v) is 23.2. The van der Waals surface area contributed by atoms with Crippen LogP contribution in [0.15, 0.2) is 75.0 Å². The predicted octanol–water partition coefficient (Wildman–Crippen LogP) is 4.37. The maximum absolute atomic E-state index is 13.1. The van der Waals surface area contributed by atoms with E-state index in [0.717, 1.165) is 18.4 Å². The highest BCUT2D eigenvalue weighted by Crippen LogP contribution is 2.37. The lowest BCUT2D eigenvalue weighted by Gasteiger charge is -2.27. The van der Waals surface area contributed by atoms with Crippen molar-refractivity contribution in [3.63, 3.8) is 0 Å². The van der Waals surface area contributed by atoms with Gasteiger partial charge in [0, 0.05) is 28.0 Å². The Morgan fingerprint density at radius 3 is 2.31 bits per heavy atom. The smallest absolute Gasteiger partial charge is 0.263 e. The zero-order chi connectivity index (χ0) is 25.9. The molecule has 36 heavy (non-hydrogen) atoms. The van der Waals surface area contributed by atoms with Crippen LogP contribution in [0, 0.1) is 0 Å². The van der Waals surface area contributed by atoms with Gasteiger partial charge in [0.1, 0.15) is 15.5 Å². The van der Waals surface area contributed by atoms with E-state index in [0.29, 0.717) is 22.2 Å². The van der Waals surface area contributed by atoms with Crippen LogP contribution in [0.25, 0.3) is 0 Å². The van der Waals surface area contributed by atoms with Gasteiger partial charge in [-0.05, 0) is 60.4 Å². The summed E-state index contributed by atoms with van der Waals surface area (Å²) in [7, 11) is -7.33. The summed E-state index contributed by atoms with van der Waals surface area (Å²) in [5.41, 5.74) is 1.23. The van der Waals surface area contributed by atoms with E-state index < -0.39 is 19.9 Å². The molecule has 0 bridgehead atoms. The fourth-order valence-corrected chi connectivity index (χ4v) is 6.52. The fourth-order valence-electron chi connectivity index (χ4n) is 3.76. The molecule has 0 aliphatic carbocycles. The van der Waals surface area contributed by atoms with Crippen LogP contribution in [-0.4, -0.2) is 58.2 Å². The van der Waals surface area contributed by atoms with Gasteiger partial charge in [0.25, 0.3) is 10.0 Å². The van der Waals surface area contributed by atoms with Crippen LogP contribution in [0.1, 0.15) is 12.8 Å². The molecule has 8 nitrogen and oxygen atoms in total. The van der Waals surface area contributed by atoms with Crippen molar-refractivity contribution < 1.29 is 16.8 Å². The number of hydrogen-bond donors (Lipinski definition) is 1. The van der Waals surface area contributed by atoms with Crippen LogP contribution in [-0.2, 0) is 19.9 Å². The number of sulfone groups is 1. The number of nitrogens with one attached hydrogen (secondary N) is 1. The first-order chi connectivity index (χ1) is 17.0. The molecule has 2 aliphatic heterocycles. The quantitative estimate of drug-likeness (QED) is 0.363. The molecule has 2 atom stereocenters. The second-order valence-corrected chi connectivity index (χ2v) is 14.3. The highest BCUT2D eigenvalue weighted by Gasteiger charge is 2.37. The highest BCUT2D eigenvalue weighted by atomic mass is 35.5. The number of allylic oxidation sites excluding steroid dienone is 1. The van der Waals surface area contributed by atoms with Crippen molar-refractivity contribution in [2.45, 2.75) is 29.0 Å². The summed E-state index contributed by atoms with van der Waals surface area (Å²) in [6, 6.07) is 12.9. The number of rotatable bonds is 8. The van der Waals surface area contributed by atoms with E-state index in [9.17, 15) is 16.8 Å². The van der Waals surface area contributed by atoms with Gasteiger partial charge < -0.3 is 0 Å². The van der Waals surface area contributed by atoms with Crippen LogP contribution < -0.4 is 9.73 Å². The average Bonchev–Trinajstić information content (AvgIpc) is 3.48. The lowest BCUT2D eigenvalue weighted by Crippen LogP contribution is -2.38. The molecule has 0 amide bonds. The molecule has 0 fully saturated rings. The average molecular weight is 588 g/mol. The SMILES string of the molecule is CS(=O)(=O)CCN=C(NS(=O)(=O)c1ccc(Cl)cc1)C1=NN(c2ccc(Cl)cc2)C(C2CC=CS2)C1. The van der Waals surface area contributed by atoms with Crippen LogP contribution >= 0.6 is 35.0 Å². The molecule has 2 unspecified atom stereocenters. The minimum atomic E-state index is -4.03. The van der Waals surface area contributed by atoms with Crippen LogP contribution in [0.3, 0.4) is 0 Å². The summed E-state index contributed by atoms with van der Waals surface area (Å²) in [6.45, 7) is -0.109. The maximum atomic E-state index is 13.1. The lowest BCUT2D eigenvalue weighted by atomic mass is 10.0. The third-order valence-electron chi connectivity index (χ3n) is 5.54. The summed E-state index contributed by atoms with van der Waals surface area (Å²) < 4.78 is 52.2. The lowest BCUT2D eigenvalue weighted by molar-refractivity contribution is 0.592. The number of benzene rings is 2. The Hall–Kier alpha value is -2.05. The first-order valence-corrected chi connectivity index (χ1v) is 16.2. The van der Waals surface area contributed by atoms with E-state index >= 15 is 0 Å². The summed E-state index contributed by atoms with van der Waals surface area (Å²) >= 11 is 13.7. The molecule has 13 heteroatoms. The van der Waals surface area contributed by atoms with Crippen molar-refractivity contribution in [3.8, 4) is 0 Å². The Kier molecular flexibility index (Phi) is 8.35. The van der Waals surface area contributed by atoms with Crippen molar-refractivity contribution in [3.05, 3.63) is 70.1 Å². The molecule has 0 radical (unpaired) electrons. The molecular formula is C23H24Cl2N4O4S3. The number of hydrazone groups is 1. The third-order valence-corrected chi connectivity index (χ3v) is 9.53. The number of anilines is 1. The number of amidine groups is 1. The summed E-state index contributed by atoms with van der Waals surface area (Å²) in [5, 5.41) is 9.86. The van der Waals surface area contributed by atoms with Crippen LogP contribution in [0.5, 0.6) is 0 Å². The third kappa shape index (κ3) is 6.83. The highest BCUT2D eigenvalue weighted by molar-refractivity contribution is 8.03. The number of sulfonamides is 1. The largest absolute Gasteiger partial charge is 0.265 e. The summed E-state index contributed by atoms with van der Waals surface area (Å²) in [5.74, 6) is -0.204. The molecule has 2 aliphatic rings. The van der Waals surface area contributed by atoms with E-state index in [-0.39, 0.29) is 34.3 Å². The van der Waals surface area contributed by atoms with Crippen molar-refractivity contribution in [1.29, 1.82) is 0 Å². The minimum absolute atomic E-state index is 0.00275. The first-order valence-electron chi connectivity index (χ1n) is 11.0. The Bertz CT molecular complexity index is 1400. The number of halogens is 2. The van der Waals surface area contributed by atoms with Gasteiger partial charge >= 0.3 is 0 Å². The molecule has 2 aromatic carbocycles. The molecule has 0 saturated carbocycles. The van der Waals surface area contributed by atoms with Gasteiger partial charge in [-0.3, -0.25) is 14.7 Å². The van der Waals surface area contributed by atoms with E-state index in [1.54, 1.807) is 23.9 Å². The molecule has 4 rings (SSSR count). The van der Waals surface area contributed by atoms with Gasteiger partial charge in [0.2, 0.25) is 0 Å². The van der Waals surface area contributed by atoms with Gasteiger partial charge in [0.15, 0.2) is 5.84 Å². The topological polar surface area (TPSA) is 108 Å². The van der Waals surface area contributed by atoms with E-state index in [1.165, 1.54) is 24.3 Å². The Balaban J connectivity index is 1.69. The summed E-state index contributed by atoms with van der Waals surface area (Å²) in [6.07, 6.45) is 4.47. The summed E-state index contributed by atoms with van der Waals surface area (Å²) in [4.78, 5) is 4.35. The zero-order valence-electron chi connectivity index (χ0n) is 19.2. The van der Waals surface area contributed by atoms with Gasteiger partial charge in [-0.2, -0.15) is 5.10 Å². The molecular weight excluding hydrogens is 563 g/mol. The monoisotopic (exact) mass is 586 g/mol. The van der Waals surface area contributed by atoms with Crippen molar-refractivity contribution in [1.82, 2.24) is 4.72 Å². The Morgan fingerprint density at radius 1 is 1.08 bits per heavy atom. The standard InChI is InChI=1S/C23H24Cl2N4O4S3/c1-35(30,31)14-12-26-23(28-36(32,33)19-10-6-17(25)7-11-19)20-15-21(22-3-2-13-34-22)29(27-20)18-8-4-16(24)5-9-18/h2,4-11,13,21-22H,3,12,14-15H2,1H3,(H,26,28). The van der Waals surface area contributed by atoms with Gasteiger partial charge in [0.05, 0.1) is 28.9 Å². The second kappa shape index (κ2) is 11.1. The van der Waals surface area contributed by atoms with E-state index in [4.69, 9.17) is 28.3 Å². The number of nitrogens with zero attached hydrogens (tertiary/aromatic N) is 3.